The van der Waals surface area contributed by atoms with Crippen LogP contribution < -0.4 is 5.73 Å². The van der Waals surface area contributed by atoms with Gasteiger partial charge in [-0.15, -0.1) is 6.42 Å². The molecular weight excluding hydrogens is 273 g/mol. The number of benzene rings is 1. The summed E-state index contributed by atoms with van der Waals surface area (Å²) in [4.78, 5) is 16.7. The quantitative estimate of drug-likeness (QED) is 0.847. The second-order valence-corrected chi connectivity index (χ2v) is 4.63. The maximum atomic E-state index is 11.6. The predicted octanol–water partition coefficient (Wildman–Crippen LogP) is 2.46. The molecule has 18 heavy (non-hydrogen) atoms. The van der Waals surface area contributed by atoms with Crippen LogP contribution in [0, 0.1) is 12.3 Å². The molecule has 0 saturated heterocycles. The number of aliphatic imine (C=N–C) groups is 1. The molecule has 0 aromatic heterocycles. The monoisotopic (exact) mass is 281 g/mol. The van der Waals surface area contributed by atoms with Crippen molar-refractivity contribution in [2.45, 2.75) is 6.04 Å². The number of nitrogens with zero attached hydrogens (tertiary/aromatic N) is 2. The Balaban J connectivity index is 2.44. The fourth-order valence-electron chi connectivity index (χ4n) is 1.85. The predicted molar refractivity (Wildman–Crippen MR) is 71.8 cm³/mol. The summed E-state index contributed by atoms with van der Waals surface area (Å²) in [6.07, 6.45) is 5.23. The third-order valence-electron chi connectivity index (χ3n) is 2.52. The summed E-state index contributed by atoms with van der Waals surface area (Å²) in [5.41, 5.74) is 6.44. The highest BCUT2D eigenvalue weighted by Crippen LogP contribution is 2.30. The van der Waals surface area contributed by atoms with E-state index in [-0.39, 0.29) is 12.4 Å². The number of nitrogens with two attached hydrogens (primary N) is 1. The highest BCUT2D eigenvalue weighted by atomic mass is 35.5. The Morgan fingerprint density at radius 3 is 2.56 bits per heavy atom. The van der Waals surface area contributed by atoms with Gasteiger partial charge in [0.2, 0.25) is 0 Å². The van der Waals surface area contributed by atoms with Crippen LogP contribution in [0.1, 0.15) is 11.6 Å². The van der Waals surface area contributed by atoms with Crippen molar-refractivity contribution in [2.75, 3.05) is 6.54 Å². The average Bonchev–Trinajstić information content (AvgIpc) is 2.53. The summed E-state index contributed by atoms with van der Waals surface area (Å²) in [5, 5.41) is 0.926. The number of halogens is 2. The molecule has 2 rings (SSSR count). The second kappa shape index (κ2) is 4.89. The molecule has 1 unspecified atom stereocenters. The molecule has 1 atom stereocenters. The molecular formula is C12H9Cl2N3O. The van der Waals surface area contributed by atoms with Crippen molar-refractivity contribution in [3.8, 4) is 12.3 Å². The van der Waals surface area contributed by atoms with Crippen LogP contribution in [-0.4, -0.2) is 23.3 Å². The average molecular weight is 282 g/mol. The van der Waals surface area contributed by atoms with Gasteiger partial charge in [0.25, 0.3) is 0 Å². The van der Waals surface area contributed by atoms with Gasteiger partial charge < -0.3 is 5.73 Å². The van der Waals surface area contributed by atoms with Gasteiger partial charge in [0.1, 0.15) is 11.9 Å². The highest BCUT2D eigenvalue weighted by molar-refractivity contribution is 6.34. The first-order valence-electron chi connectivity index (χ1n) is 5.07. The van der Waals surface area contributed by atoms with Crippen molar-refractivity contribution in [3.05, 3.63) is 33.8 Å². The molecule has 0 radical (unpaired) electrons. The van der Waals surface area contributed by atoms with Crippen LogP contribution in [-0.2, 0) is 0 Å². The minimum Gasteiger partial charge on any atom is -0.385 e. The number of carbonyl (C=O) groups excluding carboxylic acids is 1. The van der Waals surface area contributed by atoms with Gasteiger partial charge in [-0.3, -0.25) is 4.90 Å². The van der Waals surface area contributed by atoms with Crippen LogP contribution in [0.2, 0.25) is 10.0 Å². The SMILES string of the molecule is C#CCN1C(=O)N=C(N)C1c1cc(Cl)cc(Cl)c1. The summed E-state index contributed by atoms with van der Waals surface area (Å²) < 4.78 is 0. The molecule has 4 nitrogen and oxygen atoms in total. The highest BCUT2D eigenvalue weighted by Gasteiger charge is 2.34. The van der Waals surface area contributed by atoms with Crippen molar-refractivity contribution in [2.24, 2.45) is 10.7 Å². The van der Waals surface area contributed by atoms with Gasteiger partial charge in [-0.05, 0) is 23.8 Å². The summed E-state index contributed by atoms with van der Waals surface area (Å²) in [7, 11) is 0. The molecule has 1 aliphatic rings. The Morgan fingerprint density at radius 2 is 2.00 bits per heavy atom. The van der Waals surface area contributed by atoms with Crippen LogP contribution >= 0.6 is 23.2 Å². The lowest BCUT2D eigenvalue weighted by Crippen LogP contribution is -2.33. The number of hydrogen-bond acceptors (Lipinski definition) is 2. The molecule has 1 aromatic rings. The number of amidine groups is 1. The van der Waals surface area contributed by atoms with Crippen molar-refractivity contribution < 1.29 is 4.79 Å². The van der Waals surface area contributed by atoms with Gasteiger partial charge in [-0.1, -0.05) is 29.1 Å². The van der Waals surface area contributed by atoms with Crippen LogP contribution in [0.5, 0.6) is 0 Å². The Bertz CT molecular complexity index is 557. The van der Waals surface area contributed by atoms with E-state index in [2.05, 4.69) is 10.9 Å². The Kier molecular flexibility index (Phi) is 3.46. The number of carbonyl (C=O) groups is 1. The van der Waals surface area contributed by atoms with Crippen LogP contribution in [0.25, 0.3) is 0 Å². The van der Waals surface area contributed by atoms with E-state index in [1.165, 1.54) is 4.90 Å². The lowest BCUT2D eigenvalue weighted by molar-refractivity contribution is 0.213. The van der Waals surface area contributed by atoms with Gasteiger partial charge in [0, 0.05) is 10.0 Å². The molecule has 6 heteroatoms. The van der Waals surface area contributed by atoms with Crippen LogP contribution in [0.4, 0.5) is 4.79 Å². The third kappa shape index (κ3) is 2.28. The van der Waals surface area contributed by atoms with E-state index < -0.39 is 12.1 Å². The van der Waals surface area contributed by atoms with Crippen LogP contribution in [0.15, 0.2) is 23.2 Å². The summed E-state index contributed by atoms with van der Waals surface area (Å²) >= 11 is 11.9. The first kappa shape index (κ1) is 12.7. The van der Waals surface area contributed by atoms with Gasteiger partial charge in [0.05, 0.1) is 6.54 Å². The Labute approximate surface area is 114 Å². The van der Waals surface area contributed by atoms with E-state index in [0.29, 0.717) is 15.6 Å². The lowest BCUT2D eigenvalue weighted by Gasteiger charge is -2.22. The summed E-state index contributed by atoms with van der Waals surface area (Å²) in [6.45, 7) is 0.123. The standard InChI is InChI=1S/C12H9Cl2N3O/c1-2-3-17-10(11(15)16-12(17)18)7-4-8(13)6-9(14)5-7/h1,4-6,10H,3H2,(H2,15,16,18). The third-order valence-corrected chi connectivity index (χ3v) is 2.96. The van der Waals surface area contributed by atoms with E-state index in [1.807, 2.05) is 0 Å². The summed E-state index contributed by atoms with van der Waals surface area (Å²) in [6, 6.07) is 4.00. The zero-order valence-electron chi connectivity index (χ0n) is 9.23. The fourth-order valence-corrected chi connectivity index (χ4v) is 2.39. The molecule has 1 heterocycles. The molecule has 0 fully saturated rings. The molecule has 0 aliphatic carbocycles. The van der Waals surface area contributed by atoms with Gasteiger partial charge in [-0.25, -0.2) is 4.79 Å². The van der Waals surface area contributed by atoms with E-state index in [9.17, 15) is 4.79 Å². The normalized spacial score (nSPS) is 18.7. The zero-order chi connectivity index (χ0) is 13.3. The molecule has 0 bridgehead atoms. The van der Waals surface area contributed by atoms with E-state index in [0.717, 1.165) is 0 Å². The Hall–Kier alpha value is -1.70. The zero-order valence-corrected chi connectivity index (χ0v) is 10.7. The largest absolute Gasteiger partial charge is 0.385 e. The van der Waals surface area contributed by atoms with Crippen LogP contribution in [0.3, 0.4) is 0 Å². The van der Waals surface area contributed by atoms with Crippen molar-refractivity contribution in [3.63, 3.8) is 0 Å². The van der Waals surface area contributed by atoms with Gasteiger partial charge >= 0.3 is 6.03 Å². The number of terminal acetylenes is 1. The maximum Gasteiger partial charge on any atom is 0.346 e. The topological polar surface area (TPSA) is 58.7 Å². The molecule has 0 spiro atoms. The minimum atomic E-state index is -0.509. The van der Waals surface area contributed by atoms with Crippen molar-refractivity contribution >= 4 is 35.1 Å². The van der Waals surface area contributed by atoms with Crippen molar-refractivity contribution in [1.29, 1.82) is 0 Å². The molecule has 0 saturated carbocycles. The summed E-state index contributed by atoms with van der Waals surface area (Å²) in [5.74, 6) is 2.59. The van der Waals surface area contributed by atoms with E-state index in [4.69, 9.17) is 35.4 Å². The van der Waals surface area contributed by atoms with E-state index >= 15 is 0 Å². The molecule has 2 N–H and O–H groups in total. The molecule has 1 aromatic carbocycles. The maximum absolute atomic E-state index is 11.6. The van der Waals surface area contributed by atoms with Gasteiger partial charge in [0.15, 0.2) is 0 Å². The lowest BCUT2D eigenvalue weighted by atomic mass is 10.1. The fraction of sp³-hybridized carbons (Fsp3) is 0.167. The smallest absolute Gasteiger partial charge is 0.346 e. The minimum absolute atomic E-state index is 0.123. The van der Waals surface area contributed by atoms with Gasteiger partial charge in [-0.2, -0.15) is 4.99 Å². The number of rotatable bonds is 2. The number of amides is 2. The molecule has 92 valence electrons. The number of urea groups is 1. The molecule has 2 amide bonds. The van der Waals surface area contributed by atoms with Crippen molar-refractivity contribution in [1.82, 2.24) is 4.90 Å². The first-order valence-corrected chi connectivity index (χ1v) is 5.82. The Morgan fingerprint density at radius 1 is 1.39 bits per heavy atom. The first-order chi connectivity index (χ1) is 8.52. The second-order valence-electron chi connectivity index (χ2n) is 3.76. The molecule has 1 aliphatic heterocycles. The van der Waals surface area contributed by atoms with E-state index in [1.54, 1.807) is 18.2 Å². The number of hydrogen-bond donors (Lipinski definition) is 1.